The van der Waals surface area contributed by atoms with Gasteiger partial charge in [-0.1, -0.05) is 13.0 Å². The quantitative estimate of drug-likeness (QED) is 0.644. The Balaban J connectivity index is 2.19. The molecular weight excluding hydrogens is 282 g/mol. The molecule has 6 nitrogen and oxygen atoms in total. The van der Waals surface area contributed by atoms with Gasteiger partial charge in [0, 0.05) is 18.1 Å². The van der Waals surface area contributed by atoms with Crippen molar-refractivity contribution in [3.63, 3.8) is 0 Å². The second-order valence-corrected chi connectivity index (χ2v) is 5.54. The normalized spacial score (nSPS) is 14.0. The fraction of sp³-hybridized carbons (Fsp3) is 0.375. The maximum atomic E-state index is 12.2. The number of aromatic nitrogens is 2. The Bertz CT molecular complexity index is 777. The molecule has 22 heavy (non-hydrogen) atoms. The van der Waals surface area contributed by atoms with Crippen LogP contribution in [0.2, 0.25) is 0 Å². The first kappa shape index (κ1) is 14.4. The number of nitro benzene ring substituents is 1. The number of hydrogen-bond acceptors (Lipinski definition) is 4. The Hall–Kier alpha value is -2.50. The zero-order chi connectivity index (χ0) is 15.9. The minimum absolute atomic E-state index is 0.0712. The molecule has 1 aromatic carbocycles. The average molecular weight is 299 g/mol. The van der Waals surface area contributed by atoms with Crippen LogP contribution in [-0.2, 0) is 12.8 Å². The summed E-state index contributed by atoms with van der Waals surface area (Å²) in [5, 5.41) is 15.7. The lowest BCUT2D eigenvalue weighted by molar-refractivity contribution is -0.385. The summed E-state index contributed by atoms with van der Waals surface area (Å²) in [6.07, 6.45) is 2.80. The van der Waals surface area contributed by atoms with Crippen molar-refractivity contribution in [3.05, 3.63) is 50.8 Å². The molecule has 3 rings (SSSR count). The van der Waals surface area contributed by atoms with Gasteiger partial charge in [-0.25, -0.2) is 4.68 Å². The Kier molecular flexibility index (Phi) is 3.52. The smallest absolute Gasteiger partial charge is 0.274 e. The van der Waals surface area contributed by atoms with Gasteiger partial charge in [0.2, 0.25) is 0 Å². The Morgan fingerprint density at radius 3 is 2.82 bits per heavy atom. The van der Waals surface area contributed by atoms with E-state index in [1.165, 1.54) is 6.07 Å². The van der Waals surface area contributed by atoms with Crippen molar-refractivity contribution in [3.8, 4) is 5.69 Å². The van der Waals surface area contributed by atoms with E-state index in [1.807, 2.05) is 13.0 Å². The molecule has 0 aliphatic heterocycles. The van der Waals surface area contributed by atoms with Crippen LogP contribution in [0.1, 0.15) is 47.1 Å². The lowest BCUT2D eigenvalue weighted by Crippen LogP contribution is -2.13. The number of carbonyl (C=O) groups is 1. The van der Waals surface area contributed by atoms with Gasteiger partial charge >= 0.3 is 0 Å². The molecule has 0 spiro atoms. The van der Waals surface area contributed by atoms with Crippen molar-refractivity contribution < 1.29 is 9.72 Å². The number of nitro groups is 1. The van der Waals surface area contributed by atoms with E-state index in [-0.39, 0.29) is 16.4 Å². The number of nitrogens with zero attached hydrogens (tertiary/aromatic N) is 3. The molecule has 0 unspecified atom stereocenters. The average Bonchev–Trinajstić information content (AvgIpc) is 2.87. The van der Waals surface area contributed by atoms with Crippen molar-refractivity contribution in [2.75, 3.05) is 0 Å². The van der Waals surface area contributed by atoms with Crippen LogP contribution in [0, 0.1) is 17.0 Å². The Morgan fingerprint density at radius 1 is 1.36 bits per heavy atom. The highest BCUT2D eigenvalue weighted by atomic mass is 16.6. The SMILES string of the molecule is CCc1nn(-c2ccc(C)c([N+](=O)[O-])c2)c2c1C(=O)CCC2. The molecule has 0 fully saturated rings. The fourth-order valence-electron chi connectivity index (χ4n) is 2.98. The number of carbonyl (C=O) groups excluding carboxylic acids is 1. The molecule has 1 heterocycles. The third-order valence-electron chi connectivity index (χ3n) is 4.12. The highest BCUT2D eigenvalue weighted by Crippen LogP contribution is 2.29. The molecule has 2 aromatic rings. The van der Waals surface area contributed by atoms with Crippen molar-refractivity contribution >= 4 is 11.5 Å². The molecule has 1 aliphatic rings. The second-order valence-electron chi connectivity index (χ2n) is 5.54. The Labute approximate surface area is 127 Å². The van der Waals surface area contributed by atoms with Crippen LogP contribution in [0.3, 0.4) is 0 Å². The second kappa shape index (κ2) is 5.36. The molecular formula is C16H17N3O3. The van der Waals surface area contributed by atoms with Crippen LogP contribution in [0.5, 0.6) is 0 Å². The van der Waals surface area contributed by atoms with Gasteiger partial charge in [0.1, 0.15) is 0 Å². The number of ketones is 1. The summed E-state index contributed by atoms with van der Waals surface area (Å²) >= 11 is 0. The highest BCUT2D eigenvalue weighted by molar-refractivity contribution is 5.99. The van der Waals surface area contributed by atoms with Crippen molar-refractivity contribution in [2.24, 2.45) is 0 Å². The summed E-state index contributed by atoms with van der Waals surface area (Å²) < 4.78 is 1.71. The minimum Gasteiger partial charge on any atom is -0.294 e. The van der Waals surface area contributed by atoms with Gasteiger partial charge in [-0.15, -0.1) is 0 Å². The molecule has 0 radical (unpaired) electrons. The third-order valence-corrected chi connectivity index (χ3v) is 4.12. The van der Waals surface area contributed by atoms with Crippen molar-refractivity contribution in [1.82, 2.24) is 9.78 Å². The van der Waals surface area contributed by atoms with Gasteiger partial charge in [-0.05, 0) is 32.3 Å². The van der Waals surface area contributed by atoms with E-state index in [0.717, 1.165) is 29.8 Å². The molecule has 0 bridgehead atoms. The van der Waals surface area contributed by atoms with E-state index in [4.69, 9.17) is 0 Å². The number of benzene rings is 1. The largest absolute Gasteiger partial charge is 0.294 e. The zero-order valence-electron chi connectivity index (χ0n) is 12.6. The first-order valence-corrected chi connectivity index (χ1v) is 7.42. The number of Topliss-reactive ketones (excluding diaryl/α,β-unsaturated/α-hetero) is 1. The van der Waals surface area contributed by atoms with E-state index >= 15 is 0 Å². The van der Waals surface area contributed by atoms with E-state index < -0.39 is 0 Å². The molecule has 6 heteroatoms. The molecule has 0 saturated heterocycles. The third kappa shape index (κ3) is 2.20. The van der Waals surface area contributed by atoms with E-state index in [0.29, 0.717) is 24.1 Å². The Morgan fingerprint density at radius 2 is 2.14 bits per heavy atom. The van der Waals surface area contributed by atoms with Crippen LogP contribution < -0.4 is 0 Å². The molecule has 0 saturated carbocycles. The summed E-state index contributed by atoms with van der Waals surface area (Å²) in [5.41, 5.74) is 3.71. The summed E-state index contributed by atoms with van der Waals surface area (Å²) in [7, 11) is 0. The molecule has 0 atom stereocenters. The zero-order valence-corrected chi connectivity index (χ0v) is 12.6. The first-order chi connectivity index (χ1) is 10.5. The first-order valence-electron chi connectivity index (χ1n) is 7.42. The van der Waals surface area contributed by atoms with Crippen molar-refractivity contribution in [1.29, 1.82) is 0 Å². The van der Waals surface area contributed by atoms with Crippen LogP contribution in [0.4, 0.5) is 5.69 Å². The molecule has 0 N–H and O–H groups in total. The van der Waals surface area contributed by atoms with Gasteiger partial charge in [0.15, 0.2) is 5.78 Å². The van der Waals surface area contributed by atoms with E-state index in [2.05, 4.69) is 5.10 Å². The van der Waals surface area contributed by atoms with Crippen LogP contribution in [0.15, 0.2) is 18.2 Å². The van der Waals surface area contributed by atoms with Gasteiger partial charge in [-0.2, -0.15) is 5.10 Å². The van der Waals surface area contributed by atoms with E-state index in [9.17, 15) is 14.9 Å². The molecule has 1 aromatic heterocycles. The summed E-state index contributed by atoms with van der Waals surface area (Å²) in [5.74, 6) is 0.131. The number of rotatable bonds is 3. The predicted molar refractivity (Wildman–Crippen MR) is 81.6 cm³/mol. The monoisotopic (exact) mass is 299 g/mol. The molecule has 114 valence electrons. The maximum absolute atomic E-state index is 12.2. The number of aryl methyl sites for hydroxylation is 2. The van der Waals surface area contributed by atoms with Gasteiger partial charge < -0.3 is 0 Å². The van der Waals surface area contributed by atoms with Crippen LogP contribution >= 0.6 is 0 Å². The van der Waals surface area contributed by atoms with Crippen LogP contribution in [0.25, 0.3) is 5.69 Å². The lowest BCUT2D eigenvalue weighted by atomic mass is 9.93. The highest BCUT2D eigenvalue weighted by Gasteiger charge is 2.27. The summed E-state index contributed by atoms with van der Waals surface area (Å²) in [4.78, 5) is 22.9. The topological polar surface area (TPSA) is 78.0 Å². The van der Waals surface area contributed by atoms with E-state index in [1.54, 1.807) is 17.7 Å². The lowest BCUT2D eigenvalue weighted by Gasteiger charge is -2.13. The predicted octanol–water partition coefficient (Wildman–Crippen LogP) is 3.17. The molecule has 1 aliphatic carbocycles. The minimum atomic E-state index is -0.388. The maximum Gasteiger partial charge on any atom is 0.274 e. The standard InChI is InChI=1S/C16H17N3O3/c1-3-12-16-13(5-4-6-15(16)20)18(17-12)11-8-7-10(2)14(9-11)19(21)22/h7-9H,3-6H2,1-2H3. The summed E-state index contributed by atoms with van der Waals surface area (Å²) in [6.45, 7) is 3.67. The fourth-order valence-corrected chi connectivity index (χ4v) is 2.98. The van der Waals surface area contributed by atoms with Crippen molar-refractivity contribution in [2.45, 2.75) is 39.5 Å². The summed E-state index contributed by atoms with van der Waals surface area (Å²) in [6, 6.07) is 5.06. The number of fused-ring (bicyclic) bond motifs is 1. The molecule has 0 amide bonds. The number of hydrogen-bond donors (Lipinski definition) is 0. The van der Waals surface area contributed by atoms with Gasteiger partial charge in [0.25, 0.3) is 5.69 Å². The van der Waals surface area contributed by atoms with Gasteiger partial charge in [0.05, 0.1) is 27.6 Å². The van der Waals surface area contributed by atoms with Gasteiger partial charge in [-0.3, -0.25) is 14.9 Å². The van der Waals surface area contributed by atoms with Crippen LogP contribution in [-0.4, -0.2) is 20.5 Å².